The molecule has 0 radical (unpaired) electrons. The van der Waals surface area contributed by atoms with Crippen LogP contribution in [-0.4, -0.2) is 24.2 Å². The standard InChI is InChI=1S/C19H19BClF2NO3/c1-18(2)19(3,4)27-20(26-18)12-9-8-11(10-15(12)23)17(25)24-16-13(21)6-5-7-14(16)22/h5-10H,1-4H3,(H,24,25). The van der Waals surface area contributed by atoms with Crippen LogP contribution in [0, 0.1) is 11.6 Å². The van der Waals surface area contributed by atoms with Gasteiger partial charge in [-0.3, -0.25) is 4.79 Å². The number of halogens is 3. The molecule has 1 amide bonds. The van der Waals surface area contributed by atoms with Crippen molar-refractivity contribution >= 4 is 35.8 Å². The first-order chi connectivity index (χ1) is 12.5. The van der Waals surface area contributed by atoms with E-state index in [1.165, 1.54) is 30.3 Å². The van der Waals surface area contributed by atoms with Crippen molar-refractivity contribution < 1.29 is 22.9 Å². The summed E-state index contributed by atoms with van der Waals surface area (Å²) in [6.45, 7) is 7.46. The minimum absolute atomic E-state index is 0.0205. The normalized spacial score (nSPS) is 17.8. The van der Waals surface area contributed by atoms with Crippen LogP contribution in [0.25, 0.3) is 0 Å². The van der Waals surface area contributed by atoms with E-state index in [2.05, 4.69) is 5.32 Å². The second kappa shape index (κ2) is 6.89. The van der Waals surface area contributed by atoms with Crippen molar-refractivity contribution in [1.82, 2.24) is 0 Å². The lowest BCUT2D eigenvalue weighted by Crippen LogP contribution is -2.41. The van der Waals surface area contributed by atoms with Crippen LogP contribution in [0.15, 0.2) is 36.4 Å². The SMILES string of the molecule is CC1(C)OB(c2ccc(C(=O)Nc3c(F)cccc3Cl)cc2F)OC1(C)C. The van der Waals surface area contributed by atoms with Crippen molar-refractivity contribution in [2.45, 2.75) is 38.9 Å². The number of hydrogen-bond acceptors (Lipinski definition) is 3. The second-order valence-electron chi connectivity index (χ2n) is 7.38. The number of para-hydroxylation sites is 1. The molecule has 1 aliphatic rings. The Labute approximate surface area is 162 Å². The lowest BCUT2D eigenvalue weighted by Gasteiger charge is -2.32. The van der Waals surface area contributed by atoms with Crippen LogP contribution < -0.4 is 10.8 Å². The third-order valence-electron chi connectivity index (χ3n) is 4.97. The first kappa shape index (κ1) is 19.8. The molecule has 2 aromatic rings. The van der Waals surface area contributed by atoms with Gasteiger partial charge in [0.15, 0.2) is 0 Å². The maximum absolute atomic E-state index is 14.6. The number of amides is 1. The number of carbonyl (C=O) groups excluding carboxylic acids is 1. The molecule has 0 saturated carbocycles. The van der Waals surface area contributed by atoms with E-state index in [4.69, 9.17) is 20.9 Å². The zero-order valence-electron chi connectivity index (χ0n) is 15.4. The van der Waals surface area contributed by atoms with Crippen LogP contribution in [0.5, 0.6) is 0 Å². The van der Waals surface area contributed by atoms with Gasteiger partial charge in [0, 0.05) is 11.0 Å². The number of benzene rings is 2. The molecule has 1 fully saturated rings. The molecule has 0 spiro atoms. The van der Waals surface area contributed by atoms with Gasteiger partial charge >= 0.3 is 7.12 Å². The zero-order chi connectivity index (χ0) is 20.0. The summed E-state index contributed by atoms with van der Waals surface area (Å²) < 4.78 is 40.1. The van der Waals surface area contributed by atoms with Gasteiger partial charge in [-0.1, -0.05) is 23.7 Å². The Hall–Kier alpha value is -1.96. The molecule has 0 aliphatic carbocycles. The lowest BCUT2D eigenvalue weighted by molar-refractivity contribution is 0.00578. The maximum atomic E-state index is 14.6. The molecule has 1 aliphatic heterocycles. The van der Waals surface area contributed by atoms with Crippen molar-refractivity contribution in [2.24, 2.45) is 0 Å². The quantitative estimate of drug-likeness (QED) is 0.796. The molecule has 0 bridgehead atoms. The molecule has 27 heavy (non-hydrogen) atoms. The Balaban J connectivity index is 1.82. The van der Waals surface area contributed by atoms with Crippen molar-refractivity contribution in [3.05, 3.63) is 58.6 Å². The second-order valence-corrected chi connectivity index (χ2v) is 7.78. The predicted octanol–water partition coefficient (Wildman–Crippen LogP) is 4.17. The van der Waals surface area contributed by atoms with E-state index >= 15 is 0 Å². The van der Waals surface area contributed by atoms with E-state index in [1.54, 1.807) is 0 Å². The molecule has 1 N–H and O–H groups in total. The van der Waals surface area contributed by atoms with Crippen molar-refractivity contribution in [2.75, 3.05) is 5.32 Å². The monoisotopic (exact) mass is 393 g/mol. The van der Waals surface area contributed by atoms with Gasteiger partial charge in [-0.15, -0.1) is 0 Å². The minimum atomic E-state index is -0.881. The highest BCUT2D eigenvalue weighted by Crippen LogP contribution is 2.36. The number of hydrogen-bond donors (Lipinski definition) is 1. The predicted molar refractivity (Wildman–Crippen MR) is 101 cm³/mol. The van der Waals surface area contributed by atoms with Gasteiger partial charge in [-0.05, 0) is 52.0 Å². The number of rotatable bonds is 3. The fourth-order valence-electron chi connectivity index (χ4n) is 2.63. The molecule has 142 valence electrons. The summed E-state index contributed by atoms with van der Waals surface area (Å²) in [4.78, 5) is 12.3. The van der Waals surface area contributed by atoms with Gasteiger partial charge in [0.25, 0.3) is 5.91 Å². The molecule has 8 heteroatoms. The van der Waals surface area contributed by atoms with Crippen LogP contribution in [0.3, 0.4) is 0 Å². The van der Waals surface area contributed by atoms with E-state index in [0.717, 1.165) is 6.07 Å². The average molecular weight is 394 g/mol. The summed E-state index contributed by atoms with van der Waals surface area (Å²) in [5.41, 5.74) is -1.16. The van der Waals surface area contributed by atoms with Crippen molar-refractivity contribution in [3.63, 3.8) is 0 Å². The average Bonchev–Trinajstić information content (AvgIpc) is 2.78. The summed E-state index contributed by atoms with van der Waals surface area (Å²) in [6, 6.07) is 7.95. The number of carbonyl (C=O) groups is 1. The molecular formula is C19H19BClF2NO3. The summed E-state index contributed by atoms with van der Waals surface area (Å²) in [6.07, 6.45) is 0. The molecule has 0 atom stereocenters. The van der Waals surface area contributed by atoms with Crippen LogP contribution in [0.2, 0.25) is 5.02 Å². The lowest BCUT2D eigenvalue weighted by atomic mass is 9.78. The first-order valence-electron chi connectivity index (χ1n) is 8.42. The molecule has 1 saturated heterocycles. The number of nitrogens with one attached hydrogen (secondary N) is 1. The smallest absolute Gasteiger partial charge is 0.399 e. The highest BCUT2D eigenvalue weighted by Gasteiger charge is 2.52. The van der Waals surface area contributed by atoms with E-state index in [-0.39, 0.29) is 21.7 Å². The van der Waals surface area contributed by atoms with Gasteiger partial charge in [0.2, 0.25) is 0 Å². The third kappa shape index (κ3) is 3.72. The van der Waals surface area contributed by atoms with E-state index in [9.17, 15) is 13.6 Å². The molecule has 4 nitrogen and oxygen atoms in total. The van der Waals surface area contributed by atoms with Crippen molar-refractivity contribution in [1.29, 1.82) is 0 Å². The Morgan fingerprint density at radius 1 is 1.04 bits per heavy atom. The highest BCUT2D eigenvalue weighted by atomic mass is 35.5. The fourth-order valence-corrected chi connectivity index (χ4v) is 2.84. The Kier molecular flexibility index (Phi) is 5.05. The first-order valence-corrected chi connectivity index (χ1v) is 8.80. The molecule has 0 unspecified atom stereocenters. The Morgan fingerprint density at radius 3 is 2.22 bits per heavy atom. The fraction of sp³-hybridized carbons (Fsp3) is 0.316. The Morgan fingerprint density at radius 2 is 1.67 bits per heavy atom. The molecule has 1 heterocycles. The van der Waals surface area contributed by atoms with E-state index in [1.807, 2.05) is 27.7 Å². The topological polar surface area (TPSA) is 47.6 Å². The van der Waals surface area contributed by atoms with Gasteiger partial charge in [0.05, 0.1) is 21.9 Å². The summed E-state index contributed by atoms with van der Waals surface area (Å²) in [5, 5.41) is 2.42. The Bertz CT molecular complexity index is 868. The van der Waals surface area contributed by atoms with E-state index in [0.29, 0.717) is 0 Å². The van der Waals surface area contributed by atoms with Crippen LogP contribution in [0.1, 0.15) is 38.1 Å². The minimum Gasteiger partial charge on any atom is -0.399 e. The van der Waals surface area contributed by atoms with Gasteiger partial charge in [0.1, 0.15) is 11.6 Å². The van der Waals surface area contributed by atoms with Gasteiger partial charge in [-0.2, -0.15) is 0 Å². The molecular weight excluding hydrogens is 374 g/mol. The van der Waals surface area contributed by atoms with Crippen LogP contribution in [-0.2, 0) is 9.31 Å². The zero-order valence-corrected chi connectivity index (χ0v) is 16.2. The van der Waals surface area contributed by atoms with Crippen LogP contribution >= 0.6 is 11.6 Å². The summed E-state index contributed by atoms with van der Waals surface area (Å²) >= 11 is 5.90. The molecule has 3 rings (SSSR count). The van der Waals surface area contributed by atoms with Gasteiger partial charge < -0.3 is 14.6 Å². The van der Waals surface area contributed by atoms with Crippen molar-refractivity contribution in [3.8, 4) is 0 Å². The molecule has 2 aromatic carbocycles. The summed E-state index contributed by atoms with van der Waals surface area (Å²) in [5.74, 6) is -2.01. The third-order valence-corrected chi connectivity index (χ3v) is 5.29. The maximum Gasteiger partial charge on any atom is 0.497 e. The summed E-state index contributed by atoms with van der Waals surface area (Å²) in [7, 11) is -0.881. The van der Waals surface area contributed by atoms with Crippen LogP contribution in [0.4, 0.5) is 14.5 Å². The van der Waals surface area contributed by atoms with E-state index < -0.39 is 35.9 Å². The van der Waals surface area contributed by atoms with Gasteiger partial charge in [-0.25, -0.2) is 8.78 Å². The largest absolute Gasteiger partial charge is 0.497 e. The molecule has 0 aromatic heterocycles. The highest BCUT2D eigenvalue weighted by molar-refractivity contribution is 6.62. The number of anilines is 1.